The molecule has 2 aliphatic rings. The van der Waals surface area contributed by atoms with Crippen LogP contribution in [0.3, 0.4) is 0 Å². The van der Waals surface area contributed by atoms with Gasteiger partial charge in [-0.25, -0.2) is 4.79 Å². The van der Waals surface area contributed by atoms with Crippen molar-refractivity contribution in [2.45, 2.75) is 64.4 Å². The van der Waals surface area contributed by atoms with Gasteiger partial charge in [-0.15, -0.1) is 0 Å². The zero-order chi connectivity index (χ0) is 14.5. The van der Waals surface area contributed by atoms with Crippen LogP contribution in [0.25, 0.3) is 0 Å². The first kappa shape index (κ1) is 14.8. The molecule has 1 heterocycles. The molecule has 6 nitrogen and oxygen atoms in total. The molecule has 1 saturated carbocycles. The first-order valence-corrected chi connectivity index (χ1v) is 7.30. The minimum atomic E-state index is -0.952. The van der Waals surface area contributed by atoms with E-state index in [4.69, 9.17) is 9.57 Å². The lowest BCUT2D eigenvalue weighted by molar-refractivity contribution is -0.178. The summed E-state index contributed by atoms with van der Waals surface area (Å²) in [7, 11) is 0. The van der Waals surface area contributed by atoms with Crippen molar-refractivity contribution in [2.24, 2.45) is 5.92 Å². The zero-order valence-corrected chi connectivity index (χ0v) is 11.8. The summed E-state index contributed by atoms with van der Waals surface area (Å²) in [6.45, 7) is 2.20. The van der Waals surface area contributed by atoms with E-state index in [9.17, 15) is 14.4 Å². The number of rotatable bonds is 2. The quantitative estimate of drug-likeness (QED) is 0.575. The Labute approximate surface area is 118 Å². The molecule has 2 rings (SSSR count). The van der Waals surface area contributed by atoms with Gasteiger partial charge in [-0.1, -0.05) is 24.8 Å². The molecule has 1 aliphatic heterocycles. The molecular formula is C14H21NO5. The molecule has 0 radical (unpaired) electrons. The second kappa shape index (κ2) is 6.72. The van der Waals surface area contributed by atoms with Crippen LogP contribution in [0, 0.1) is 5.92 Å². The van der Waals surface area contributed by atoms with Gasteiger partial charge in [-0.05, 0) is 31.6 Å². The third kappa shape index (κ3) is 3.95. The van der Waals surface area contributed by atoms with Gasteiger partial charge in [-0.3, -0.25) is 14.4 Å². The lowest BCUT2D eigenvalue weighted by Crippen LogP contribution is -2.34. The van der Waals surface area contributed by atoms with Gasteiger partial charge in [0, 0.05) is 12.8 Å². The highest BCUT2D eigenvalue weighted by Crippen LogP contribution is 2.24. The largest absolute Gasteiger partial charge is 0.534 e. The van der Waals surface area contributed by atoms with E-state index in [1.807, 2.05) is 0 Å². The molecule has 1 aliphatic carbocycles. The average molecular weight is 283 g/mol. The maximum Gasteiger partial charge on any atom is 0.534 e. The number of hydroxylamine groups is 2. The number of imide groups is 1. The van der Waals surface area contributed by atoms with E-state index in [0.29, 0.717) is 11.0 Å². The van der Waals surface area contributed by atoms with Crippen molar-refractivity contribution in [1.29, 1.82) is 0 Å². The van der Waals surface area contributed by atoms with Crippen LogP contribution in [-0.2, 0) is 19.2 Å². The molecule has 6 heteroatoms. The minimum absolute atomic E-state index is 0.0903. The number of ether oxygens (including phenoxy) is 1. The average Bonchev–Trinajstić information content (AvgIpc) is 2.70. The maximum atomic E-state index is 11.6. The Kier molecular flexibility index (Phi) is 4.98. The Morgan fingerprint density at radius 1 is 1.05 bits per heavy atom. The Morgan fingerprint density at radius 2 is 1.70 bits per heavy atom. The van der Waals surface area contributed by atoms with Crippen LogP contribution in [0.4, 0.5) is 4.79 Å². The second-order valence-corrected chi connectivity index (χ2v) is 5.63. The van der Waals surface area contributed by atoms with Crippen LogP contribution in [-0.4, -0.2) is 29.1 Å². The van der Waals surface area contributed by atoms with Crippen LogP contribution in [0.5, 0.6) is 0 Å². The summed E-state index contributed by atoms with van der Waals surface area (Å²) in [5, 5.41) is 0.522. The molecule has 2 amide bonds. The van der Waals surface area contributed by atoms with Crippen molar-refractivity contribution in [3.05, 3.63) is 0 Å². The Morgan fingerprint density at radius 3 is 2.40 bits per heavy atom. The van der Waals surface area contributed by atoms with Crippen molar-refractivity contribution in [3.63, 3.8) is 0 Å². The highest BCUT2D eigenvalue weighted by Gasteiger charge is 2.34. The molecule has 0 aromatic heterocycles. The van der Waals surface area contributed by atoms with E-state index in [2.05, 4.69) is 6.92 Å². The van der Waals surface area contributed by atoms with Gasteiger partial charge in [0.25, 0.3) is 11.8 Å². The van der Waals surface area contributed by atoms with Crippen molar-refractivity contribution in [2.75, 3.05) is 0 Å². The summed E-state index contributed by atoms with van der Waals surface area (Å²) in [4.78, 5) is 39.0. The second-order valence-electron chi connectivity index (χ2n) is 5.63. The molecular weight excluding hydrogens is 262 g/mol. The molecule has 2 atom stereocenters. The molecule has 0 spiro atoms. The SMILES string of the molecule is CC1CCCCC(OC(=O)ON2C(=O)CCC2=O)CC1. The van der Waals surface area contributed by atoms with Gasteiger partial charge in [0.15, 0.2) is 0 Å². The third-order valence-corrected chi connectivity index (χ3v) is 3.89. The maximum absolute atomic E-state index is 11.6. The topological polar surface area (TPSA) is 72.9 Å². The Balaban J connectivity index is 1.81. The van der Waals surface area contributed by atoms with Gasteiger partial charge in [0.1, 0.15) is 6.10 Å². The third-order valence-electron chi connectivity index (χ3n) is 3.89. The number of carbonyl (C=O) groups excluding carboxylic acids is 3. The smallest absolute Gasteiger partial charge is 0.429 e. The van der Waals surface area contributed by atoms with E-state index in [0.717, 1.165) is 32.1 Å². The Bertz CT molecular complexity index is 379. The van der Waals surface area contributed by atoms with Crippen LogP contribution >= 0.6 is 0 Å². The minimum Gasteiger partial charge on any atom is -0.429 e. The monoisotopic (exact) mass is 283 g/mol. The summed E-state index contributed by atoms with van der Waals surface area (Å²) in [6.07, 6.45) is 5.04. The first-order valence-electron chi connectivity index (χ1n) is 7.30. The molecule has 2 fully saturated rings. The van der Waals surface area contributed by atoms with Crippen molar-refractivity contribution < 1.29 is 24.0 Å². The van der Waals surface area contributed by atoms with Crippen molar-refractivity contribution in [3.8, 4) is 0 Å². The van der Waals surface area contributed by atoms with Crippen LogP contribution in [0.1, 0.15) is 58.3 Å². The molecule has 0 aromatic carbocycles. The molecule has 0 bridgehead atoms. The molecule has 112 valence electrons. The van der Waals surface area contributed by atoms with E-state index in [-0.39, 0.29) is 18.9 Å². The van der Waals surface area contributed by atoms with E-state index in [1.54, 1.807) is 0 Å². The van der Waals surface area contributed by atoms with Crippen molar-refractivity contribution >= 4 is 18.0 Å². The number of nitrogens with zero attached hydrogens (tertiary/aromatic N) is 1. The fourth-order valence-electron chi connectivity index (χ4n) is 2.63. The molecule has 20 heavy (non-hydrogen) atoms. The molecule has 2 unspecified atom stereocenters. The number of carbonyl (C=O) groups is 3. The van der Waals surface area contributed by atoms with Gasteiger partial charge in [-0.2, -0.15) is 0 Å². The summed E-state index contributed by atoms with van der Waals surface area (Å²) >= 11 is 0. The summed E-state index contributed by atoms with van der Waals surface area (Å²) in [5.41, 5.74) is 0. The first-order chi connectivity index (χ1) is 9.56. The summed E-state index contributed by atoms with van der Waals surface area (Å²) < 4.78 is 5.23. The Hall–Kier alpha value is -1.59. The standard InChI is InChI=1S/C14H21NO5/c1-10-4-2-3-5-11(7-6-10)19-14(18)20-15-12(16)8-9-13(15)17/h10-11H,2-9H2,1H3. The number of hydrogen-bond acceptors (Lipinski definition) is 5. The molecule has 1 saturated heterocycles. The predicted octanol–water partition coefficient (Wildman–Crippen LogP) is 2.56. The molecule has 0 aromatic rings. The van der Waals surface area contributed by atoms with Crippen molar-refractivity contribution in [1.82, 2.24) is 5.06 Å². The van der Waals surface area contributed by atoms with E-state index >= 15 is 0 Å². The van der Waals surface area contributed by atoms with E-state index < -0.39 is 18.0 Å². The van der Waals surface area contributed by atoms with Crippen LogP contribution in [0.15, 0.2) is 0 Å². The van der Waals surface area contributed by atoms with E-state index in [1.165, 1.54) is 6.42 Å². The lowest BCUT2D eigenvalue weighted by atomic mass is 9.91. The van der Waals surface area contributed by atoms with Crippen LogP contribution in [0.2, 0.25) is 0 Å². The predicted molar refractivity (Wildman–Crippen MR) is 69.3 cm³/mol. The fraction of sp³-hybridized carbons (Fsp3) is 0.786. The van der Waals surface area contributed by atoms with Gasteiger partial charge >= 0.3 is 6.16 Å². The van der Waals surface area contributed by atoms with Gasteiger partial charge in [0.2, 0.25) is 0 Å². The summed E-state index contributed by atoms with van der Waals surface area (Å²) in [5.74, 6) is -0.337. The lowest BCUT2D eigenvalue weighted by Gasteiger charge is -2.23. The highest BCUT2D eigenvalue weighted by molar-refractivity contribution is 6.01. The number of hydrogen-bond donors (Lipinski definition) is 0. The number of amides is 2. The van der Waals surface area contributed by atoms with Crippen LogP contribution < -0.4 is 0 Å². The molecule has 0 N–H and O–H groups in total. The van der Waals surface area contributed by atoms with Gasteiger partial charge in [0.05, 0.1) is 0 Å². The normalized spacial score (nSPS) is 27.9. The zero-order valence-electron chi connectivity index (χ0n) is 11.8. The summed E-state index contributed by atoms with van der Waals surface area (Å²) in [6, 6.07) is 0. The van der Waals surface area contributed by atoms with Gasteiger partial charge < -0.3 is 4.74 Å². The highest BCUT2D eigenvalue weighted by atomic mass is 16.8. The fourth-order valence-corrected chi connectivity index (χ4v) is 2.63.